The Hall–Kier alpha value is -1.35. The molecule has 0 spiro atoms. The Bertz CT molecular complexity index is 425. The summed E-state index contributed by atoms with van der Waals surface area (Å²) < 4.78 is 5.31. The molecule has 0 saturated heterocycles. The molecule has 1 aromatic carbocycles. The van der Waals surface area contributed by atoms with Crippen molar-refractivity contribution in [2.75, 3.05) is 12.4 Å². The summed E-state index contributed by atoms with van der Waals surface area (Å²) in [5, 5.41) is 2.98. The van der Waals surface area contributed by atoms with E-state index in [4.69, 9.17) is 4.74 Å². The number of hydrogen-bond donors (Lipinski definition) is 1. The van der Waals surface area contributed by atoms with Gasteiger partial charge in [-0.05, 0) is 45.2 Å². The van der Waals surface area contributed by atoms with E-state index in [2.05, 4.69) is 24.4 Å². The van der Waals surface area contributed by atoms with E-state index in [0.717, 1.165) is 16.8 Å². The van der Waals surface area contributed by atoms with E-state index < -0.39 is 5.60 Å². The zero-order valence-corrected chi connectivity index (χ0v) is 12.2. The van der Waals surface area contributed by atoms with Crippen molar-refractivity contribution in [3.05, 3.63) is 28.8 Å². The molecule has 0 heterocycles. The third-order valence-electron chi connectivity index (χ3n) is 3.52. The molecule has 1 rings (SSSR count). The maximum Gasteiger partial charge on any atom is 0.256 e. The predicted octanol–water partition coefficient (Wildman–Crippen LogP) is 3.37. The maximum absolute atomic E-state index is 12.2. The number of benzene rings is 1. The highest BCUT2D eigenvalue weighted by molar-refractivity contribution is 5.98. The van der Waals surface area contributed by atoms with Crippen LogP contribution in [0.3, 0.4) is 0 Å². The standard InChI is InChI=1S/C15H23NO2/c1-7-15(5,18-6)14(17)16-13-11(3)8-10(2)9-12(13)4/h8-9H,7H2,1-6H3,(H,16,17). The van der Waals surface area contributed by atoms with Crippen molar-refractivity contribution in [2.24, 2.45) is 0 Å². The molecule has 0 aliphatic heterocycles. The van der Waals surface area contributed by atoms with Crippen molar-refractivity contribution >= 4 is 11.6 Å². The van der Waals surface area contributed by atoms with E-state index in [1.807, 2.05) is 20.8 Å². The fraction of sp³-hybridized carbons (Fsp3) is 0.533. The molecule has 1 N–H and O–H groups in total. The van der Waals surface area contributed by atoms with Gasteiger partial charge in [-0.15, -0.1) is 0 Å². The number of hydrogen-bond acceptors (Lipinski definition) is 2. The number of carbonyl (C=O) groups excluding carboxylic acids is 1. The zero-order chi connectivity index (χ0) is 13.9. The highest BCUT2D eigenvalue weighted by atomic mass is 16.5. The van der Waals surface area contributed by atoms with Crippen molar-refractivity contribution in [1.82, 2.24) is 0 Å². The molecule has 0 saturated carbocycles. The van der Waals surface area contributed by atoms with E-state index in [9.17, 15) is 4.79 Å². The Morgan fingerprint density at radius 2 is 1.78 bits per heavy atom. The molecule has 100 valence electrons. The molecule has 0 aliphatic carbocycles. The summed E-state index contributed by atoms with van der Waals surface area (Å²) in [4.78, 5) is 12.2. The van der Waals surface area contributed by atoms with Gasteiger partial charge in [-0.3, -0.25) is 4.79 Å². The third-order valence-corrected chi connectivity index (χ3v) is 3.52. The summed E-state index contributed by atoms with van der Waals surface area (Å²) in [5.41, 5.74) is 3.48. The van der Waals surface area contributed by atoms with Crippen LogP contribution >= 0.6 is 0 Å². The van der Waals surface area contributed by atoms with Gasteiger partial charge in [0.15, 0.2) is 0 Å². The van der Waals surface area contributed by atoms with E-state index in [1.165, 1.54) is 5.56 Å². The molecule has 0 fully saturated rings. The van der Waals surface area contributed by atoms with Gasteiger partial charge < -0.3 is 10.1 Å². The van der Waals surface area contributed by atoms with E-state index >= 15 is 0 Å². The minimum atomic E-state index is -0.774. The van der Waals surface area contributed by atoms with Gasteiger partial charge in [0.1, 0.15) is 5.60 Å². The summed E-state index contributed by atoms with van der Waals surface area (Å²) in [6.45, 7) is 9.81. The van der Waals surface area contributed by atoms with E-state index in [-0.39, 0.29) is 5.91 Å². The molecular formula is C15H23NO2. The van der Waals surface area contributed by atoms with Crippen molar-refractivity contribution in [2.45, 2.75) is 46.6 Å². The van der Waals surface area contributed by atoms with Gasteiger partial charge in [-0.2, -0.15) is 0 Å². The van der Waals surface area contributed by atoms with Gasteiger partial charge in [0, 0.05) is 12.8 Å². The van der Waals surface area contributed by atoms with Crippen LogP contribution in [0.1, 0.15) is 37.0 Å². The fourth-order valence-electron chi connectivity index (χ4n) is 2.02. The second kappa shape index (κ2) is 5.53. The number of rotatable bonds is 4. The van der Waals surface area contributed by atoms with Gasteiger partial charge in [0.05, 0.1) is 0 Å². The molecule has 3 nitrogen and oxygen atoms in total. The Morgan fingerprint density at radius 3 is 2.17 bits per heavy atom. The maximum atomic E-state index is 12.2. The number of amides is 1. The zero-order valence-electron chi connectivity index (χ0n) is 12.2. The topological polar surface area (TPSA) is 38.3 Å². The number of carbonyl (C=O) groups is 1. The quantitative estimate of drug-likeness (QED) is 0.888. The summed E-state index contributed by atoms with van der Waals surface area (Å²) in [6, 6.07) is 4.14. The van der Waals surface area contributed by atoms with Crippen LogP contribution in [0.25, 0.3) is 0 Å². The predicted molar refractivity (Wildman–Crippen MR) is 75.0 cm³/mol. The van der Waals surface area contributed by atoms with E-state index in [0.29, 0.717) is 6.42 Å². The molecule has 1 aromatic rings. The monoisotopic (exact) mass is 249 g/mol. The van der Waals surface area contributed by atoms with Crippen LogP contribution in [-0.2, 0) is 9.53 Å². The SMILES string of the molecule is CCC(C)(OC)C(=O)Nc1c(C)cc(C)cc1C. The second-order valence-electron chi connectivity index (χ2n) is 5.02. The molecule has 1 amide bonds. The van der Waals surface area contributed by atoms with Crippen LogP contribution in [0, 0.1) is 20.8 Å². The Balaban J connectivity index is 3.02. The summed E-state index contributed by atoms with van der Waals surface area (Å²) in [6.07, 6.45) is 0.638. The highest BCUT2D eigenvalue weighted by Crippen LogP contribution is 2.24. The first-order valence-electron chi connectivity index (χ1n) is 6.28. The molecule has 18 heavy (non-hydrogen) atoms. The molecule has 0 bridgehead atoms. The summed E-state index contributed by atoms with van der Waals surface area (Å²) in [5.74, 6) is -0.0949. The molecule has 0 aromatic heterocycles. The molecule has 0 radical (unpaired) electrons. The van der Waals surface area contributed by atoms with Crippen LogP contribution in [0.4, 0.5) is 5.69 Å². The molecule has 1 atom stereocenters. The van der Waals surface area contributed by atoms with Crippen LogP contribution < -0.4 is 5.32 Å². The minimum absolute atomic E-state index is 0.0949. The number of methoxy groups -OCH3 is 1. The first-order valence-corrected chi connectivity index (χ1v) is 6.28. The Morgan fingerprint density at radius 1 is 1.28 bits per heavy atom. The molecular weight excluding hydrogens is 226 g/mol. The van der Waals surface area contributed by atoms with Crippen molar-refractivity contribution < 1.29 is 9.53 Å². The van der Waals surface area contributed by atoms with Crippen LogP contribution in [0.15, 0.2) is 12.1 Å². The lowest BCUT2D eigenvalue weighted by Gasteiger charge is -2.26. The van der Waals surface area contributed by atoms with Crippen LogP contribution in [-0.4, -0.2) is 18.6 Å². The number of anilines is 1. The third kappa shape index (κ3) is 2.91. The van der Waals surface area contributed by atoms with Crippen molar-refractivity contribution in [1.29, 1.82) is 0 Å². The smallest absolute Gasteiger partial charge is 0.256 e. The van der Waals surface area contributed by atoms with Gasteiger partial charge in [0.25, 0.3) is 5.91 Å². The lowest BCUT2D eigenvalue weighted by atomic mass is 10.0. The lowest BCUT2D eigenvalue weighted by Crippen LogP contribution is -2.41. The average Bonchev–Trinajstić information content (AvgIpc) is 2.32. The minimum Gasteiger partial charge on any atom is -0.369 e. The number of nitrogens with one attached hydrogen (secondary N) is 1. The molecule has 3 heteroatoms. The summed E-state index contributed by atoms with van der Waals surface area (Å²) >= 11 is 0. The second-order valence-corrected chi connectivity index (χ2v) is 5.02. The van der Waals surface area contributed by atoms with Gasteiger partial charge in [-0.1, -0.05) is 24.6 Å². The van der Waals surface area contributed by atoms with Gasteiger partial charge in [0.2, 0.25) is 0 Å². The fourth-order valence-corrected chi connectivity index (χ4v) is 2.02. The number of aryl methyl sites for hydroxylation is 3. The van der Waals surface area contributed by atoms with Gasteiger partial charge in [-0.25, -0.2) is 0 Å². The first-order chi connectivity index (χ1) is 8.34. The van der Waals surface area contributed by atoms with Crippen LogP contribution in [0.2, 0.25) is 0 Å². The highest BCUT2D eigenvalue weighted by Gasteiger charge is 2.31. The number of ether oxygens (including phenoxy) is 1. The Kier molecular flexibility index (Phi) is 4.52. The summed E-state index contributed by atoms with van der Waals surface area (Å²) in [7, 11) is 1.57. The van der Waals surface area contributed by atoms with Crippen LogP contribution in [0.5, 0.6) is 0 Å². The molecule has 0 aliphatic rings. The van der Waals surface area contributed by atoms with Crippen molar-refractivity contribution in [3.8, 4) is 0 Å². The molecule has 1 unspecified atom stereocenters. The lowest BCUT2D eigenvalue weighted by molar-refractivity contribution is -0.136. The van der Waals surface area contributed by atoms with Crippen molar-refractivity contribution in [3.63, 3.8) is 0 Å². The Labute approximate surface area is 110 Å². The normalized spacial score (nSPS) is 14.1. The first kappa shape index (κ1) is 14.7. The average molecular weight is 249 g/mol. The van der Waals surface area contributed by atoms with Gasteiger partial charge >= 0.3 is 0 Å². The largest absolute Gasteiger partial charge is 0.369 e. The van der Waals surface area contributed by atoms with E-state index in [1.54, 1.807) is 14.0 Å².